The van der Waals surface area contributed by atoms with Crippen LogP contribution in [0.5, 0.6) is 11.5 Å². The highest BCUT2D eigenvalue weighted by atomic mass is 16.6. The number of nitrogens with zero attached hydrogens (tertiary/aromatic N) is 1. The van der Waals surface area contributed by atoms with E-state index in [1.165, 1.54) is 6.07 Å². The van der Waals surface area contributed by atoms with Gasteiger partial charge < -0.3 is 19.3 Å². The van der Waals surface area contributed by atoms with Gasteiger partial charge in [0.2, 0.25) is 0 Å². The summed E-state index contributed by atoms with van der Waals surface area (Å²) >= 11 is 0. The lowest BCUT2D eigenvalue weighted by molar-refractivity contribution is -0.139. The monoisotopic (exact) mass is 427 g/mol. The van der Waals surface area contributed by atoms with Gasteiger partial charge in [-0.2, -0.15) is 4.79 Å². The zero-order valence-electron chi connectivity index (χ0n) is 17.6. The van der Waals surface area contributed by atoms with Crippen molar-refractivity contribution in [1.29, 1.82) is 0 Å². The summed E-state index contributed by atoms with van der Waals surface area (Å²) in [6, 6.07) is 9.93. The number of phenols is 1. The Bertz CT molecular complexity index is 1110. The zero-order valence-corrected chi connectivity index (χ0v) is 17.6. The number of nitrogens with one attached hydrogen (secondary N) is 2. The molecular weight excluding hydrogens is 402 g/mol. The Morgan fingerprint density at radius 1 is 1.19 bits per heavy atom. The molecule has 0 saturated carbocycles. The van der Waals surface area contributed by atoms with Crippen molar-refractivity contribution in [2.75, 3.05) is 18.6 Å². The molecule has 3 rings (SSSR count). The fourth-order valence-electron chi connectivity index (χ4n) is 2.68. The largest absolute Gasteiger partial charge is 0.506 e. The van der Waals surface area contributed by atoms with Crippen molar-refractivity contribution in [1.82, 2.24) is 9.89 Å². The van der Waals surface area contributed by atoms with E-state index in [1.54, 1.807) is 55.9 Å². The van der Waals surface area contributed by atoms with Crippen LogP contribution in [-0.2, 0) is 14.3 Å². The summed E-state index contributed by atoms with van der Waals surface area (Å²) in [5, 5.41) is 13.3. The molecule has 0 aliphatic rings. The number of H-pyrrole nitrogens is 1. The lowest BCUT2D eigenvalue weighted by atomic mass is 10.2. The maximum Gasteiger partial charge on any atom is 0.338 e. The minimum atomic E-state index is -0.475. The summed E-state index contributed by atoms with van der Waals surface area (Å²) in [7, 11) is 0. The summed E-state index contributed by atoms with van der Waals surface area (Å²) < 4.78 is 15.6. The number of esters is 2. The molecule has 0 radical (unpaired) electrons. The fourth-order valence-corrected chi connectivity index (χ4v) is 2.68. The van der Waals surface area contributed by atoms with Gasteiger partial charge in [-0.1, -0.05) is 6.58 Å². The molecule has 3 aromatic rings. The number of fused-ring (bicyclic) bond motifs is 1. The van der Waals surface area contributed by atoms with Crippen LogP contribution in [0, 0.1) is 0 Å². The number of hydrogen-bond acceptors (Lipinski definition) is 7. The van der Waals surface area contributed by atoms with Crippen molar-refractivity contribution >= 4 is 28.7 Å². The van der Waals surface area contributed by atoms with E-state index in [1.807, 2.05) is 0 Å². The number of rotatable bonds is 9. The summed E-state index contributed by atoms with van der Waals surface area (Å²) in [4.78, 5) is 24.9. The molecule has 0 spiro atoms. The van der Waals surface area contributed by atoms with E-state index >= 15 is 0 Å². The first-order valence-corrected chi connectivity index (χ1v) is 9.71. The number of carbonyl (C=O) groups is 2. The Labute approximate surface area is 179 Å². The molecule has 9 nitrogen and oxygen atoms in total. The molecule has 0 aliphatic carbocycles. The van der Waals surface area contributed by atoms with Crippen LogP contribution >= 0.6 is 0 Å². The number of ether oxygens (including phenoxy) is 3. The SMILES string of the molecule is C=C(C)C(=O)OCCOc1ccc(Nn2[nH]c3cc(C(=O)OC(C)C)ccc32)c(O)c1. The first kappa shape index (κ1) is 21.8. The molecule has 0 bridgehead atoms. The highest BCUT2D eigenvalue weighted by Crippen LogP contribution is 2.29. The minimum Gasteiger partial charge on any atom is -0.506 e. The number of carbonyl (C=O) groups excluding carboxylic acids is 2. The van der Waals surface area contributed by atoms with E-state index in [4.69, 9.17) is 14.2 Å². The second-order valence-electron chi connectivity index (χ2n) is 7.19. The molecule has 1 aromatic heterocycles. The number of benzene rings is 2. The number of aromatic nitrogens is 2. The molecule has 1 heterocycles. The van der Waals surface area contributed by atoms with E-state index < -0.39 is 5.97 Å². The molecule has 3 N–H and O–H groups in total. The average Bonchev–Trinajstić information content (AvgIpc) is 2.69. The smallest absolute Gasteiger partial charge is 0.338 e. The number of aromatic hydroxyl groups is 1. The standard InChI is InChI=1S/C22H25N3O6/c1-13(2)21(27)30-10-9-29-16-6-7-17(20(26)12-16)23-25-19-8-5-15(11-18(19)24-25)22(28)31-14(3)4/h5-8,11-12,14,23-24,26H,1,9-10H2,2-4H3. The quantitative estimate of drug-likeness (QED) is 0.207. The van der Waals surface area contributed by atoms with Crippen LogP contribution in [0.4, 0.5) is 5.69 Å². The second-order valence-corrected chi connectivity index (χ2v) is 7.19. The number of phenolic OH excluding ortho intramolecular Hbond substituents is 1. The lowest BCUT2D eigenvalue weighted by Gasteiger charge is -2.20. The van der Waals surface area contributed by atoms with Crippen LogP contribution in [0.3, 0.4) is 0 Å². The normalized spacial score (nSPS) is 10.8. The third-order valence-corrected chi connectivity index (χ3v) is 4.18. The van der Waals surface area contributed by atoms with Gasteiger partial charge in [-0.3, -0.25) is 10.5 Å². The summed E-state index contributed by atoms with van der Waals surface area (Å²) in [5.74, 6) is -0.450. The van der Waals surface area contributed by atoms with Crippen LogP contribution in [0.1, 0.15) is 31.1 Å². The third kappa shape index (κ3) is 5.39. The van der Waals surface area contributed by atoms with Crippen molar-refractivity contribution in [2.45, 2.75) is 26.9 Å². The first-order valence-electron chi connectivity index (χ1n) is 9.71. The summed E-state index contributed by atoms with van der Waals surface area (Å²) in [6.07, 6.45) is -0.189. The van der Waals surface area contributed by atoms with Gasteiger partial charge in [0.1, 0.15) is 30.2 Å². The Kier molecular flexibility index (Phi) is 6.54. The predicted octanol–water partition coefficient (Wildman–Crippen LogP) is 3.61. The maximum atomic E-state index is 12.0. The summed E-state index contributed by atoms with van der Waals surface area (Å²) in [6.45, 7) is 8.88. The van der Waals surface area contributed by atoms with Crippen LogP contribution in [-0.4, -0.2) is 46.3 Å². The molecule has 0 unspecified atom stereocenters. The minimum absolute atomic E-state index is 0.0242. The van der Waals surface area contributed by atoms with Crippen molar-refractivity contribution in [2.24, 2.45) is 0 Å². The van der Waals surface area contributed by atoms with E-state index in [0.29, 0.717) is 22.6 Å². The van der Waals surface area contributed by atoms with E-state index in [-0.39, 0.29) is 31.0 Å². The van der Waals surface area contributed by atoms with Crippen molar-refractivity contribution < 1.29 is 28.9 Å². The van der Waals surface area contributed by atoms with Gasteiger partial charge in [-0.15, -0.1) is 0 Å². The molecule has 164 valence electrons. The molecule has 0 fully saturated rings. The Morgan fingerprint density at radius 2 is 1.97 bits per heavy atom. The van der Waals surface area contributed by atoms with Gasteiger partial charge >= 0.3 is 11.9 Å². The highest BCUT2D eigenvalue weighted by molar-refractivity contribution is 5.94. The van der Waals surface area contributed by atoms with Crippen LogP contribution < -0.4 is 10.2 Å². The molecule has 9 heteroatoms. The fraction of sp³-hybridized carbons (Fsp3) is 0.273. The van der Waals surface area contributed by atoms with Crippen molar-refractivity contribution in [3.63, 3.8) is 0 Å². The van der Waals surface area contributed by atoms with E-state index in [0.717, 1.165) is 11.0 Å². The van der Waals surface area contributed by atoms with Crippen LogP contribution in [0.2, 0.25) is 0 Å². The molecule has 2 aromatic carbocycles. The predicted molar refractivity (Wildman–Crippen MR) is 115 cm³/mol. The Morgan fingerprint density at radius 3 is 2.61 bits per heavy atom. The zero-order chi connectivity index (χ0) is 22.5. The highest BCUT2D eigenvalue weighted by Gasteiger charge is 2.14. The Hall–Kier alpha value is -3.88. The number of aromatic amines is 1. The van der Waals surface area contributed by atoms with Gasteiger partial charge in [-0.05, 0) is 51.1 Å². The summed E-state index contributed by atoms with van der Waals surface area (Å²) in [5.41, 5.74) is 5.81. The van der Waals surface area contributed by atoms with E-state index in [9.17, 15) is 14.7 Å². The van der Waals surface area contributed by atoms with Crippen LogP contribution in [0.15, 0.2) is 48.6 Å². The molecule has 31 heavy (non-hydrogen) atoms. The third-order valence-electron chi connectivity index (χ3n) is 4.18. The first-order chi connectivity index (χ1) is 14.7. The van der Waals surface area contributed by atoms with Gasteiger partial charge in [0.15, 0.2) is 0 Å². The number of hydrogen-bond donors (Lipinski definition) is 3. The molecule has 0 amide bonds. The van der Waals surface area contributed by atoms with Gasteiger partial charge in [-0.25, -0.2) is 9.59 Å². The molecule has 0 aliphatic heterocycles. The second kappa shape index (κ2) is 9.29. The van der Waals surface area contributed by atoms with Gasteiger partial charge in [0.25, 0.3) is 0 Å². The molecular formula is C22H25N3O6. The number of anilines is 1. The molecule has 0 atom stereocenters. The topological polar surface area (TPSA) is 115 Å². The maximum absolute atomic E-state index is 12.0. The van der Waals surface area contributed by atoms with E-state index in [2.05, 4.69) is 17.1 Å². The van der Waals surface area contributed by atoms with Gasteiger partial charge in [0, 0.05) is 11.6 Å². The van der Waals surface area contributed by atoms with Crippen molar-refractivity contribution in [3.8, 4) is 11.5 Å². The van der Waals surface area contributed by atoms with Gasteiger partial charge in [0.05, 0.1) is 22.9 Å². The lowest BCUT2D eigenvalue weighted by Crippen LogP contribution is -2.19. The average molecular weight is 427 g/mol. The van der Waals surface area contributed by atoms with Crippen LogP contribution in [0.25, 0.3) is 11.0 Å². The van der Waals surface area contributed by atoms with Crippen molar-refractivity contribution in [3.05, 3.63) is 54.1 Å². The molecule has 0 saturated heterocycles. The Balaban J connectivity index is 1.59.